The van der Waals surface area contributed by atoms with E-state index in [2.05, 4.69) is 56.3 Å². The zero-order valence-electron chi connectivity index (χ0n) is 12.8. The molecule has 4 nitrogen and oxygen atoms in total. The highest BCUT2D eigenvalue weighted by atomic mass is 32.1. The molecule has 0 bridgehead atoms. The number of hydrogen-bond acceptors (Lipinski definition) is 3. The lowest BCUT2D eigenvalue weighted by molar-refractivity contribution is -0.120. The molecule has 1 aliphatic heterocycles. The number of thiophene rings is 1. The van der Waals surface area contributed by atoms with Gasteiger partial charge in [0.1, 0.15) is 6.04 Å². The number of carbonyl (C=O) groups is 1. The van der Waals surface area contributed by atoms with Crippen molar-refractivity contribution in [1.82, 2.24) is 10.6 Å². The van der Waals surface area contributed by atoms with Gasteiger partial charge in [0.15, 0.2) is 5.96 Å². The van der Waals surface area contributed by atoms with Crippen LogP contribution >= 0.6 is 11.3 Å². The maximum Gasteiger partial charge on any atom is 0.254 e. The van der Waals surface area contributed by atoms with E-state index >= 15 is 0 Å². The van der Waals surface area contributed by atoms with Crippen LogP contribution in [0.1, 0.15) is 50.4 Å². The number of nitrogens with zero attached hydrogens (tertiary/aromatic N) is 1. The monoisotopic (exact) mass is 293 g/mol. The maximum atomic E-state index is 12.0. The van der Waals surface area contributed by atoms with Gasteiger partial charge in [-0.25, -0.2) is 0 Å². The van der Waals surface area contributed by atoms with Crippen LogP contribution in [0.3, 0.4) is 0 Å². The molecule has 2 N–H and O–H groups in total. The molecular formula is C15H23N3OS. The topological polar surface area (TPSA) is 53.5 Å². The zero-order valence-corrected chi connectivity index (χ0v) is 13.6. The smallest absolute Gasteiger partial charge is 0.254 e. The largest absolute Gasteiger partial charge is 0.340 e. The summed E-state index contributed by atoms with van der Waals surface area (Å²) < 4.78 is 0. The molecule has 1 aromatic heterocycles. The Morgan fingerprint density at radius 3 is 2.60 bits per heavy atom. The number of nitrogens with one attached hydrogen (secondary N) is 2. The first kappa shape index (κ1) is 15.0. The van der Waals surface area contributed by atoms with Crippen LogP contribution in [-0.2, 0) is 10.2 Å². The molecule has 5 heteroatoms. The lowest BCUT2D eigenvalue weighted by atomic mass is 9.95. The molecule has 0 saturated carbocycles. The summed E-state index contributed by atoms with van der Waals surface area (Å²) in [5.41, 5.74) is 0.118. The molecule has 1 saturated heterocycles. The van der Waals surface area contributed by atoms with Crippen LogP contribution in [0.5, 0.6) is 0 Å². The molecule has 1 unspecified atom stereocenters. The van der Waals surface area contributed by atoms with Gasteiger partial charge in [0, 0.05) is 16.3 Å². The van der Waals surface area contributed by atoms with Crippen molar-refractivity contribution in [3.63, 3.8) is 0 Å². The molecule has 0 aromatic carbocycles. The molecule has 20 heavy (non-hydrogen) atoms. The van der Waals surface area contributed by atoms with E-state index in [1.165, 1.54) is 4.88 Å². The highest BCUT2D eigenvalue weighted by Crippen LogP contribution is 2.33. The zero-order chi connectivity index (χ0) is 14.9. The third kappa shape index (κ3) is 3.39. The number of aliphatic imine (C=N–C) groups is 1. The van der Waals surface area contributed by atoms with Crippen molar-refractivity contribution in [1.29, 1.82) is 0 Å². The van der Waals surface area contributed by atoms with Crippen molar-refractivity contribution in [3.8, 4) is 0 Å². The average molecular weight is 293 g/mol. The first-order chi connectivity index (χ1) is 9.27. The molecule has 1 atom stereocenters. The van der Waals surface area contributed by atoms with E-state index in [0.29, 0.717) is 18.4 Å². The van der Waals surface area contributed by atoms with Crippen molar-refractivity contribution in [3.05, 3.63) is 21.9 Å². The van der Waals surface area contributed by atoms with Crippen LogP contribution < -0.4 is 10.6 Å². The fraction of sp³-hybridized carbons (Fsp3) is 0.600. The van der Waals surface area contributed by atoms with Gasteiger partial charge in [0.25, 0.3) is 5.91 Å². The Bertz CT molecular complexity index is 525. The van der Waals surface area contributed by atoms with Gasteiger partial charge in [-0.3, -0.25) is 15.1 Å². The van der Waals surface area contributed by atoms with Gasteiger partial charge >= 0.3 is 0 Å². The van der Waals surface area contributed by atoms with Crippen LogP contribution in [0.2, 0.25) is 0 Å². The normalized spacial score (nSPS) is 21.4. The minimum atomic E-state index is -0.304. The standard InChI is InChI=1S/C15H23N3OS/c1-9(2)8-16-14-17-12(13(19)18-14)10-6-7-11(20-10)15(3,4)5/h6-7,9,12H,8H2,1-5H3,(H2,16,17,18,19). The second-order valence-electron chi connectivity index (χ2n) is 6.60. The summed E-state index contributed by atoms with van der Waals surface area (Å²) in [5, 5.41) is 5.99. The summed E-state index contributed by atoms with van der Waals surface area (Å²) in [4.78, 5) is 18.8. The van der Waals surface area contributed by atoms with Gasteiger partial charge in [-0.15, -0.1) is 11.3 Å². The third-order valence-corrected chi connectivity index (χ3v) is 4.63. The second kappa shape index (κ2) is 5.56. The summed E-state index contributed by atoms with van der Waals surface area (Å²) in [7, 11) is 0. The number of amides is 1. The van der Waals surface area contributed by atoms with Gasteiger partial charge in [0.05, 0.1) is 0 Å². The number of guanidine groups is 1. The molecule has 2 rings (SSSR count). The number of hydrogen-bond donors (Lipinski definition) is 2. The van der Waals surface area contributed by atoms with E-state index in [1.54, 1.807) is 11.3 Å². The number of carbonyl (C=O) groups excluding carboxylic acids is 1. The quantitative estimate of drug-likeness (QED) is 0.900. The second-order valence-corrected chi connectivity index (χ2v) is 7.72. The van der Waals surface area contributed by atoms with Gasteiger partial charge in [0.2, 0.25) is 0 Å². The van der Waals surface area contributed by atoms with E-state index in [0.717, 1.165) is 4.88 Å². The molecule has 0 spiro atoms. The fourth-order valence-electron chi connectivity index (χ4n) is 1.90. The van der Waals surface area contributed by atoms with Crippen molar-refractivity contribution < 1.29 is 4.79 Å². The lowest BCUT2D eigenvalue weighted by Crippen LogP contribution is -2.26. The third-order valence-electron chi connectivity index (χ3n) is 3.05. The molecule has 110 valence electrons. The molecule has 0 radical (unpaired) electrons. The Morgan fingerprint density at radius 1 is 1.35 bits per heavy atom. The summed E-state index contributed by atoms with van der Waals surface area (Å²) in [6.45, 7) is 11.5. The van der Waals surface area contributed by atoms with Crippen molar-refractivity contribution in [2.24, 2.45) is 10.9 Å². The van der Waals surface area contributed by atoms with Crippen LogP contribution in [0.4, 0.5) is 0 Å². The van der Waals surface area contributed by atoms with E-state index in [-0.39, 0.29) is 17.4 Å². The molecule has 1 aliphatic rings. The Hall–Kier alpha value is -1.36. The van der Waals surface area contributed by atoms with E-state index in [1.807, 2.05) is 6.07 Å². The minimum absolute atomic E-state index is 0.0187. The molecule has 1 fully saturated rings. The predicted octanol–water partition coefficient (Wildman–Crippen LogP) is 2.82. The first-order valence-electron chi connectivity index (χ1n) is 6.99. The van der Waals surface area contributed by atoms with Crippen LogP contribution in [0.15, 0.2) is 17.1 Å². The van der Waals surface area contributed by atoms with Gasteiger partial charge < -0.3 is 5.32 Å². The Kier molecular flexibility index (Phi) is 4.18. The van der Waals surface area contributed by atoms with Gasteiger partial charge in [-0.2, -0.15) is 0 Å². The number of rotatable bonds is 3. The lowest BCUT2D eigenvalue weighted by Gasteiger charge is -2.15. The summed E-state index contributed by atoms with van der Waals surface area (Å²) >= 11 is 1.69. The summed E-state index contributed by atoms with van der Waals surface area (Å²) in [6.07, 6.45) is 0. The van der Waals surface area contributed by atoms with Crippen molar-refractivity contribution >= 4 is 23.2 Å². The van der Waals surface area contributed by atoms with Crippen molar-refractivity contribution in [2.45, 2.75) is 46.1 Å². The van der Waals surface area contributed by atoms with Crippen LogP contribution in [0.25, 0.3) is 0 Å². The van der Waals surface area contributed by atoms with Gasteiger partial charge in [-0.1, -0.05) is 34.6 Å². The van der Waals surface area contributed by atoms with Crippen LogP contribution in [-0.4, -0.2) is 18.4 Å². The summed E-state index contributed by atoms with van der Waals surface area (Å²) in [5.74, 6) is 1.06. The predicted molar refractivity (Wildman–Crippen MR) is 84.2 cm³/mol. The maximum absolute atomic E-state index is 12.0. The highest BCUT2D eigenvalue weighted by Gasteiger charge is 2.31. The van der Waals surface area contributed by atoms with Gasteiger partial charge in [-0.05, 0) is 23.5 Å². The fourth-order valence-corrected chi connectivity index (χ4v) is 3.01. The van der Waals surface area contributed by atoms with Crippen LogP contribution in [0, 0.1) is 5.92 Å². The summed E-state index contributed by atoms with van der Waals surface area (Å²) in [6, 6.07) is 3.84. The van der Waals surface area contributed by atoms with Crippen molar-refractivity contribution in [2.75, 3.05) is 6.54 Å². The Balaban J connectivity index is 2.12. The molecular weight excluding hydrogens is 270 g/mol. The average Bonchev–Trinajstić information content (AvgIpc) is 2.91. The highest BCUT2D eigenvalue weighted by molar-refractivity contribution is 7.12. The molecule has 1 amide bonds. The van der Waals surface area contributed by atoms with E-state index in [4.69, 9.17) is 0 Å². The first-order valence-corrected chi connectivity index (χ1v) is 7.81. The van der Waals surface area contributed by atoms with E-state index < -0.39 is 0 Å². The molecule has 1 aromatic rings. The molecule has 0 aliphatic carbocycles. The Labute approximate surface area is 124 Å². The molecule has 2 heterocycles. The Morgan fingerprint density at radius 2 is 2.05 bits per heavy atom. The SMILES string of the molecule is CC(C)CN=C1NC(=O)C(c2ccc(C(C)(C)C)s2)N1. The minimum Gasteiger partial charge on any atom is -0.340 e. The van der Waals surface area contributed by atoms with E-state index in [9.17, 15) is 4.79 Å².